The van der Waals surface area contributed by atoms with Crippen LogP contribution in [0.25, 0.3) is 10.9 Å². The predicted molar refractivity (Wildman–Crippen MR) is 73.8 cm³/mol. The van der Waals surface area contributed by atoms with E-state index >= 15 is 0 Å². The third-order valence-electron chi connectivity index (χ3n) is 3.27. The summed E-state index contributed by atoms with van der Waals surface area (Å²) >= 11 is 0. The van der Waals surface area contributed by atoms with Gasteiger partial charge in [-0.15, -0.1) is 0 Å². The molecule has 2 amide bonds. The molecule has 0 saturated heterocycles. The van der Waals surface area contributed by atoms with E-state index in [0.29, 0.717) is 0 Å². The van der Waals surface area contributed by atoms with E-state index in [2.05, 4.69) is 4.98 Å². The smallest absolute Gasteiger partial charge is 0.361 e. The normalized spacial score (nSPS) is 13.2. The first-order chi connectivity index (χ1) is 9.79. The van der Waals surface area contributed by atoms with Gasteiger partial charge >= 0.3 is 12.2 Å². The Morgan fingerprint density at radius 1 is 1.38 bits per heavy atom. The van der Waals surface area contributed by atoms with E-state index in [1.54, 1.807) is 6.20 Å². The molecule has 2 aromatic rings. The van der Waals surface area contributed by atoms with Crippen molar-refractivity contribution in [3.05, 3.63) is 36.0 Å². The Labute approximate surface area is 119 Å². The topological polar surface area (TPSA) is 48.1 Å². The Morgan fingerprint density at radius 3 is 2.76 bits per heavy atom. The highest BCUT2D eigenvalue weighted by atomic mass is 19.4. The molecular formula is C14H16F3N3O. The summed E-state index contributed by atoms with van der Waals surface area (Å²) in [6.45, 7) is 1.14. The van der Waals surface area contributed by atoms with Crippen LogP contribution >= 0.6 is 0 Å². The van der Waals surface area contributed by atoms with Gasteiger partial charge in [-0.25, -0.2) is 4.79 Å². The lowest BCUT2D eigenvalue weighted by Gasteiger charge is -2.23. The minimum Gasteiger partial charge on any atom is -0.361 e. The van der Waals surface area contributed by atoms with E-state index in [1.807, 2.05) is 29.6 Å². The number of hydrogen-bond acceptors (Lipinski definition) is 1. The quantitative estimate of drug-likeness (QED) is 0.898. The van der Waals surface area contributed by atoms with Crippen molar-refractivity contribution >= 4 is 16.9 Å². The molecule has 0 aliphatic carbocycles. The van der Waals surface area contributed by atoms with Gasteiger partial charge in [0.05, 0.1) is 0 Å². The number of carbonyl (C=O) groups excluding carboxylic acids is 1. The predicted octanol–water partition coefficient (Wildman–Crippen LogP) is 3.26. The van der Waals surface area contributed by atoms with Crippen molar-refractivity contribution in [2.45, 2.75) is 25.7 Å². The number of benzene rings is 1. The minimum atomic E-state index is -4.45. The number of rotatable bonds is 3. The van der Waals surface area contributed by atoms with Crippen molar-refractivity contribution in [2.75, 3.05) is 7.05 Å². The lowest BCUT2D eigenvalue weighted by molar-refractivity contribution is -0.149. The molecule has 0 fully saturated rings. The molecule has 0 spiro atoms. The largest absolute Gasteiger partial charge is 0.408 e. The second-order valence-electron chi connectivity index (χ2n) is 4.92. The first-order valence-electron chi connectivity index (χ1n) is 6.42. The third-order valence-corrected chi connectivity index (χ3v) is 3.27. The van der Waals surface area contributed by atoms with Crippen LogP contribution < -0.4 is 5.32 Å². The maximum atomic E-state index is 12.4. The number of H-pyrrole nitrogens is 1. The van der Waals surface area contributed by atoms with Crippen LogP contribution in [0.1, 0.15) is 12.5 Å². The fraction of sp³-hybridized carbons (Fsp3) is 0.357. The molecule has 2 rings (SSSR count). The van der Waals surface area contributed by atoms with Crippen LogP contribution in [0.3, 0.4) is 0 Å². The van der Waals surface area contributed by atoms with Gasteiger partial charge in [-0.05, 0) is 24.6 Å². The van der Waals surface area contributed by atoms with Gasteiger partial charge in [0, 0.05) is 30.7 Å². The van der Waals surface area contributed by atoms with Crippen LogP contribution in [-0.4, -0.2) is 35.2 Å². The average Bonchev–Trinajstić information content (AvgIpc) is 2.86. The molecule has 114 valence electrons. The molecule has 0 aliphatic rings. The summed E-state index contributed by atoms with van der Waals surface area (Å²) in [4.78, 5) is 16.1. The van der Waals surface area contributed by atoms with Crippen molar-refractivity contribution in [3.8, 4) is 0 Å². The van der Waals surface area contributed by atoms with Gasteiger partial charge in [0.25, 0.3) is 0 Å². The van der Waals surface area contributed by atoms with Gasteiger partial charge in [0.15, 0.2) is 0 Å². The summed E-state index contributed by atoms with van der Waals surface area (Å²) in [5, 5.41) is 2.88. The first-order valence-corrected chi connectivity index (χ1v) is 6.42. The number of nitrogens with zero attached hydrogens (tertiary/aromatic N) is 1. The summed E-state index contributed by atoms with van der Waals surface area (Å²) in [7, 11) is 1.46. The van der Waals surface area contributed by atoms with E-state index in [1.165, 1.54) is 11.9 Å². The Hall–Kier alpha value is -2.18. The standard InChI is InChI=1S/C14H16F3N3O/c1-9(14(15,16)17)19-13(21)20(2)8-10-4-3-5-12-11(10)6-7-18-12/h3-7,9,18H,8H2,1-2H3,(H,19,21)/t9-/m1/s1. The van der Waals surface area contributed by atoms with Crippen LogP contribution in [0.4, 0.5) is 18.0 Å². The van der Waals surface area contributed by atoms with Crippen LogP contribution in [-0.2, 0) is 6.54 Å². The Bertz CT molecular complexity index is 636. The van der Waals surface area contributed by atoms with Crippen molar-refractivity contribution in [1.82, 2.24) is 15.2 Å². The van der Waals surface area contributed by atoms with Crippen LogP contribution in [0, 0.1) is 0 Å². The molecular weight excluding hydrogens is 283 g/mol. The number of aromatic nitrogens is 1. The molecule has 1 aromatic heterocycles. The van der Waals surface area contributed by atoms with Crippen molar-refractivity contribution in [1.29, 1.82) is 0 Å². The maximum absolute atomic E-state index is 12.4. The molecule has 1 heterocycles. The number of amides is 2. The lowest BCUT2D eigenvalue weighted by atomic mass is 10.1. The number of fused-ring (bicyclic) bond motifs is 1. The van der Waals surface area contributed by atoms with Crippen LogP contribution in [0.2, 0.25) is 0 Å². The Morgan fingerprint density at radius 2 is 2.10 bits per heavy atom. The third kappa shape index (κ3) is 3.48. The Balaban J connectivity index is 2.06. The molecule has 7 heteroatoms. The molecule has 0 unspecified atom stereocenters. The van der Waals surface area contributed by atoms with E-state index < -0.39 is 18.2 Å². The van der Waals surface area contributed by atoms with Crippen LogP contribution in [0.5, 0.6) is 0 Å². The molecule has 2 N–H and O–H groups in total. The van der Waals surface area contributed by atoms with Gasteiger partial charge in [-0.3, -0.25) is 0 Å². The molecule has 0 saturated carbocycles. The molecule has 0 aliphatic heterocycles. The monoisotopic (exact) mass is 299 g/mol. The fourth-order valence-corrected chi connectivity index (χ4v) is 1.99. The van der Waals surface area contributed by atoms with Crippen molar-refractivity contribution in [2.24, 2.45) is 0 Å². The number of aromatic amines is 1. The van der Waals surface area contributed by atoms with E-state index in [-0.39, 0.29) is 6.54 Å². The molecule has 21 heavy (non-hydrogen) atoms. The molecule has 1 aromatic carbocycles. The summed E-state index contributed by atoms with van der Waals surface area (Å²) < 4.78 is 37.3. The zero-order chi connectivity index (χ0) is 15.6. The van der Waals surface area contributed by atoms with Gasteiger partial charge in [-0.2, -0.15) is 13.2 Å². The number of carbonyl (C=O) groups is 1. The highest BCUT2D eigenvalue weighted by Gasteiger charge is 2.37. The van der Waals surface area contributed by atoms with Gasteiger partial charge in [0.2, 0.25) is 0 Å². The molecule has 1 atom stereocenters. The summed E-state index contributed by atoms with van der Waals surface area (Å²) in [5.41, 5.74) is 1.79. The average molecular weight is 299 g/mol. The number of nitrogens with one attached hydrogen (secondary N) is 2. The van der Waals surface area contributed by atoms with Crippen LogP contribution in [0.15, 0.2) is 30.5 Å². The van der Waals surface area contributed by atoms with Crippen molar-refractivity contribution < 1.29 is 18.0 Å². The summed E-state index contributed by atoms with van der Waals surface area (Å²) in [5.74, 6) is 0. The minimum absolute atomic E-state index is 0.228. The fourth-order valence-electron chi connectivity index (χ4n) is 1.99. The van der Waals surface area contributed by atoms with E-state index in [4.69, 9.17) is 0 Å². The highest BCUT2D eigenvalue weighted by Crippen LogP contribution is 2.21. The number of halogens is 3. The maximum Gasteiger partial charge on any atom is 0.408 e. The zero-order valence-corrected chi connectivity index (χ0v) is 11.7. The zero-order valence-electron chi connectivity index (χ0n) is 11.7. The van der Waals surface area contributed by atoms with Crippen molar-refractivity contribution in [3.63, 3.8) is 0 Å². The molecule has 0 radical (unpaired) electrons. The van der Waals surface area contributed by atoms with Gasteiger partial charge in [-0.1, -0.05) is 12.1 Å². The van der Waals surface area contributed by atoms with E-state index in [9.17, 15) is 18.0 Å². The van der Waals surface area contributed by atoms with Gasteiger partial charge < -0.3 is 15.2 Å². The summed E-state index contributed by atoms with van der Waals surface area (Å²) in [6, 6.07) is 4.80. The van der Waals surface area contributed by atoms with Gasteiger partial charge in [0.1, 0.15) is 6.04 Å². The first kappa shape index (κ1) is 15.2. The summed E-state index contributed by atoms with van der Waals surface area (Å²) in [6.07, 6.45) is -2.67. The number of hydrogen-bond donors (Lipinski definition) is 2. The SMILES string of the molecule is C[C@@H](NC(=O)N(C)Cc1cccc2[nH]ccc12)C(F)(F)F. The lowest BCUT2D eigenvalue weighted by Crippen LogP contribution is -2.47. The molecule has 4 nitrogen and oxygen atoms in total. The number of alkyl halides is 3. The van der Waals surface area contributed by atoms with E-state index in [0.717, 1.165) is 23.4 Å². The Kier molecular flexibility index (Phi) is 4.11. The number of urea groups is 1. The second kappa shape index (κ2) is 5.67. The highest BCUT2D eigenvalue weighted by molar-refractivity contribution is 5.83. The second-order valence-corrected chi connectivity index (χ2v) is 4.92. The molecule has 0 bridgehead atoms.